The molecule has 1 amide bonds. The first-order chi connectivity index (χ1) is 12.2. The molecule has 1 aliphatic rings. The number of likely N-dealkylation sites (tertiary alicyclic amines) is 1. The lowest BCUT2D eigenvalue weighted by atomic mass is 9.97. The molecule has 1 aromatic heterocycles. The van der Waals surface area contributed by atoms with E-state index in [4.69, 9.17) is 16.3 Å². The third kappa shape index (κ3) is 4.60. The summed E-state index contributed by atoms with van der Waals surface area (Å²) in [7, 11) is 1.74. The minimum Gasteiger partial charge on any atom is -0.493 e. The number of halogens is 1. The predicted molar refractivity (Wildman–Crippen MR) is 97.2 cm³/mol. The van der Waals surface area contributed by atoms with E-state index < -0.39 is 0 Å². The van der Waals surface area contributed by atoms with Crippen LogP contribution >= 0.6 is 11.6 Å². The molecule has 25 heavy (non-hydrogen) atoms. The van der Waals surface area contributed by atoms with E-state index in [0.717, 1.165) is 31.7 Å². The van der Waals surface area contributed by atoms with Crippen molar-refractivity contribution >= 4 is 23.5 Å². The number of nitrogens with zero attached hydrogens (tertiary/aromatic N) is 3. The molecular weight excluding hydrogens is 340 g/mol. The fourth-order valence-electron chi connectivity index (χ4n) is 2.80. The Bertz CT molecular complexity index is 698. The lowest BCUT2D eigenvalue weighted by Crippen LogP contribution is -2.39. The smallest absolute Gasteiger partial charge is 0.256 e. The first-order valence-corrected chi connectivity index (χ1v) is 8.71. The molecule has 6 nitrogen and oxygen atoms in total. The minimum atomic E-state index is -0.0141. The average Bonchev–Trinajstić information content (AvgIpc) is 2.67. The molecule has 1 aromatic carbocycles. The van der Waals surface area contributed by atoms with Gasteiger partial charge in [-0.3, -0.25) is 4.79 Å². The molecule has 3 rings (SSSR count). The summed E-state index contributed by atoms with van der Waals surface area (Å²) in [5, 5.41) is 3.54. The maximum Gasteiger partial charge on any atom is 0.256 e. The fraction of sp³-hybridized carbons (Fsp3) is 0.389. The number of hydrogen-bond donors (Lipinski definition) is 1. The van der Waals surface area contributed by atoms with Gasteiger partial charge in [-0.05, 0) is 43.0 Å². The Morgan fingerprint density at radius 2 is 1.88 bits per heavy atom. The van der Waals surface area contributed by atoms with Gasteiger partial charge in [0.05, 0.1) is 12.2 Å². The highest BCUT2D eigenvalue weighted by molar-refractivity contribution is 6.30. The molecule has 0 spiro atoms. The first kappa shape index (κ1) is 17.5. The number of amides is 1. The molecule has 0 bridgehead atoms. The van der Waals surface area contributed by atoms with Gasteiger partial charge in [0, 0.05) is 37.6 Å². The van der Waals surface area contributed by atoms with Gasteiger partial charge in [-0.15, -0.1) is 0 Å². The van der Waals surface area contributed by atoms with Crippen molar-refractivity contribution in [2.24, 2.45) is 5.92 Å². The van der Waals surface area contributed by atoms with Crippen LogP contribution in [-0.2, 0) is 0 Å². The van der Waals surface area contributed by atoms with E-state index in [-0.39, 0.29) is 5.91 Å². The van der Waals surface area contributed by atoms with Crippen LogP contribution in [0.2, 0.25) is 5.02 Å². The highest BCUT2D eigenvalue weighted by atomic mass is 35.5. The van der Waals surface area contributed by atoms with Gasteiger partial charge < -0.3 is 15.0 Å². The highest BCUT2D eigenvalue weighted by Gasteiger charge is 2.24. The lowest BCUT2D eigenvalue weighted by Gasteiger charge is -2.31. The van der Waals surface area contributed by atoms with Crippen LogP contribution in [0.5, 0.6) is 5.75 Å². The topological polar surface area (TPSA) is 67.4 Å². The van der Waals surface area contributed by atoms with Crippen molar-refractivity contribution in [3.63, 3.8) is 0 Å². The van der Waals surface area contributed by atoms with Gasteiger partial charge in [0.15, 0.2) is 0 Å². The number of aromatic nitrogens is 2. The second-order valence-electron chi connectivity index (χ2n) is 6.05. The van der Waals surface area contributed by atoms with Crippen LogP contribution in [0.15, 0.2) is 36.7 Å². The highest BCUT2D eigenvalue weighted by Crippen LogP contribution is 2.21. The van der Waals surface area contributed by atoms with Crippen LogP contribution in [0.3, 0.4) is 0 Å². The van der Waals surface area contributed by atoms with Gasteiger partial charge in [-0.25, -0.2) is 9.97 Å². The van der Waals surface area contributed by atoms with Crippen LogP contribution in [-0.4, -0.2) is 47.5 Å². The van der Waals surface area contributed by atoms with Crippen molar-refractivity contribution in [2.75, 3.05) is 32.1 Å². The van der Waals surface area contributed by atoms with Crippen molar-refractivity contribution in [1.29, 1.82) is 0 Å². The van der Waals surface area contributed by atoms with Crippen molar-refractivity contribution in [1.82, 2.24) is 14.9 Å². The zero-order chi connectivity index (χ0) is 17.6. The molecule has 7 heteroatoms. The number of piperidine rings is 1. The molecule has 1 N–H and O–H groups in total. The average molecular weight is 361 g/mol. The Labute approximate surface area is 152 Å². The molecule has 2 aromatic rings. The second kappa shape index (κ2) is 8.16. The number of benzene rings is 1. The molecule has 0 radical (unpaired) electrons. The molecular formula is C18H21ClN4O2. The molecule has 1 aliphatic heterocycles. The van der Waals surface area contributed by atoms with Crippen LogP contribution in [0.1, 0.15) is 23.2 Å². The van der Waals surface area contributed by atoms with Crippen molar-refractivity contribution in [3.05, 3.63) is 47.2 Å². The largest absolute Gasteiger partial charge is 0.493 e. The summed E-state index contributed by atoms with van der Waals surface area (Å²) >= 11 is 5.87. The summed E-state index contributed by atoms with van der Waals surface area (Å²) in [6, 6.07) is 7.38. The van der Waals surface area contributed by atoms with E-state index >= 15 is 0 Å². The SMILES string of the molecule is CNc1ncc(C(=O)N2CCC(COc3ccc(Cl)cc3)CC2)cn1. The molecule has 0 saturated carbocycles. The van der Waals surface area contributed by atoms with E-state index in [2.05, 4.69) is 15.3 Å². The van der Waals surface area contributed by atoms with E-state index in [1.54, 1.807) is 19.4 Å². The Hall–Kier alpha value is -2.34. The van der Waals surface area contributed by atoms with Crippen LogP contribution in [0.25, 0.3) is 0 Å². The van der Waals surface area contributed by atoms with Gasteiger partial charge >= 0.3 is 0 Å². The maximum atomic E-state index is 12.5. The maximum absolute atomic E-state index is 12.5. The second-order valence-corrected chi connectivity index (χ2v) is 6.48. The zero-order valence-corrected chi connectivity index (χ0v) is 14.9. The number of carbonyl (C=O) groups is 1. The number of nitrogens with one attached hydrogen (secondary N) is 1. The molecule has 1 fully saturated rings. The van der Waals surface area contributed by atoms with E-state index in [0.29, 0.717) is 29.1 Å². The number of carbonyl (C=O) groups excluding carboxylic acids is 1. The summed E-state index contributed by atoms with van der Waals surface area (Å²) in [6.07, 6.45) is 4.98. The summed E-state index contributed by atoms with van der Waals surface area (Å²) in [4.78, 5) is 22.6. The fourth-order valence-corrected chi connectivity index (χ4v) is 2.92. The summed E-state index contributed by atoms with van der Waals surface area (Å²) < 4.78 is 5.82. The zero-order valence-electron chi connectivity index (χ0n) is 14.1. The number of hydrogen-bond acceptors (Lipinski definition) is 5. The minimum absolute atomic E-state index is 0.0141. The predicted octanol–water partition coefficient (Wildman–Crippen LogP) is 3.10. The molecule has 0 unspecified atom stereocenters. The first-order valence-electron chi connectivity index (χ1n) is 8.33. The van der Waals surface area contributed by atoms with Gasteiger partial charge in [0.1, 0.15) is 5.75 Å². The van der Waals surface area contributed by atoms with Crippen molar-refractivity contribution in [2.45, 2.75) is 12.8 Å². The van der Waals surface area contributed by atoms with Gasteiger partial charge in [0.2, 0.25) is 5.95 Å². The van der Waals surface area contributed by atoms with Gasteiger partial charge in [-0.1, -0.05) is 11.6 Å². The van der Waals surface area contributed by atoms with E-state index in [9.17, 15) is 4.79 Å². The van der Waals surface area contributed by atoms with Crippen molar-refractivity contribution in [3.8, 4) is 5.75 Å². The summed E-state index contributed by atoms with van der Waals surface area (Å²) in [5.74, 6) is 1.77. The van der Waals surface area contributed by atoms with Crippen LogP contribution < -0.4 is 10.1 Å². The van der Waals surface area contributed by atoms with Gasteiger partial charge in [-0.2, -0.15) is 0 Å². The number of rotatable bonds is 5. The van der Waals surface area contributed by atoms with Crippen LogP contribution in [0.4, 0.5) is 5.95 Å². The number of ether oxygens (including phenoxy) is 1. The van der Waals surface area contributed by atoms with Gasteiger partial charge in [0.25, 0.3) is 5.91 Å². The molecule has 0 aliphatic carbocycles. The molecule has 0 atom stereocenters. The molecule has 1 saturated heterocycles. The van der Waals surface area contributed by atoms with Crippen LogP contribution in [0, 0.1) is 5.92 Å². The summed E-state index contributed by atoms with van der Waals surface area (Å²) in [6.45, 7) is 2.10. The van der Waals surface area contributed by atoms with E-state index in [1.807, 2.05) is 29.2 Å². The standard InChI is InChI=1S/C18H21ClN4O2/c1-20-18-21-10-14(11-22-18)17(24)23-8-6-13(7-9-23)12-25-16-4-2-15(19)3-5-16/h2-5,10-11,13H,6-9,12H2,1H3,(H,20,21,22). The summed E-state index contributed by atoms with van der Waals surface area (Å²) in [5.41, 5.74) is 0.523. The van der Waals surface area contributed by atoms with E-state index in [1.165, 1.54) is 0 Å². The number of anilines is 1. The lowest BCUT2D eigenvalue weighted by molar-refractivity contribution is 0.0660. The molecule has 2 heterocycles. The Balaban J connectivity index is 1.47. The third-order valence-corrected chi connectivity index (χ3v) is 4.58. The van der Waals surface area contributed by atoms with Crippen molar-refractivity contribution < 1.29 is 9.53 Å². The quantitative estimate of drug-likeness (QED) is 0.887. The Morgan fingerprint density at radius 1 is 1.24 bits per heavy atom. The molecule has 132 valence electrons. The monoisotopic (exact) mass is 360 g/mol. The normalized spacial score (nSPS) is 15.0. The third-order valence-electron chi connectivity index (χ3n) is 4.32. The Kier molecular flexibility index (Phi) is 5.71. The Morgan fingerprint density at radius 3 is 2.48 bits per heavy atom.